The molecule has 1 aromatic carbocycles. The molecule has 0 unspecified atom stereocenters. The number of nitrogens with one attached hydrogen (secondary N) is 1. The van der Waals surface area contributed by atoms with Crippen LogP contribution in [-0.2, 0) is 4.79 Å². The molecule has 0 saturated heterocycles. The fraction of sp³-hybridized carbons (Fsp3) is 0.500. The maximum atomic E-state index is 12.0. The fourth-order valence-electron chi connectivity index (χ4n) is 1.86. The van der Waals surface area contributed by atoms with Gasteiger partial charge in [0, 0.05) is 12.5 Å². The highest BCUT2D eigenvalue weighted by Crippen LogP contribution is 2.16. The van der Waals surface area contributed by atoms with E-state index in [1.54, 1.807) is 0 Å². The Labute approximate surface area is 103 Å². The number of benzene rings is 1. The highest BCUT2D eigenvalue weighted by atomic mass is 16.1. The Morgan fingerprint density at radius 3 is 2.35 bits per heavy atom. The lowest BCUT2D eigenvalue weighted by Gasteiger charge is -2.20. The molecule has 94 valence electrons. The lowest BCUT2D eigenvalue weighted by Crippen LogP contribution is -2.36. The summed E-state index contributed by atoms with van der Waals surface area (Å²) in [6, 6.07) is 10.1. The summed E-state index contributed by atoms with van der Waals surface area (Å²) in [5.41, 5.74) is 6.73. The predicted molar refractivity (Wildman–Crippen MR) is 70.5 cm³/mol. The van der Waals surface area contributed by atoms with Gasteiger partial charge in [-0.1, -0.05) is 44.2 Å². The van der Waals surface area contributed by atoms with Gasteiger partial charge in [-0.2, -0.15) is 0 Å². The molecular weight excluding hydrogens is 212 g/mol. The van der Waals surface area contributed by atoms with Crippen LogP contribution in [0.15, 0.2) is 30.3 Å². The largest absolute Gasteiger partial charge is 0.349 e. The average molecular weight is 234 g/mol. The van der Waals surface area contributed by atoms with Crippen molar-refractivity contribution < 1.29 is 4.79 Å². The summed E-state index contributed by atoms with van der Waals surface area (Å²) in [5.74, 6) is -0.0153. The molecule has 3 heteroatoms. The Morgan fingerprint density at radius 2 is 1.88 bits per heavy atom. The van der Waals surface area contributed by atoms with Crippen LogP contribution >= 0.6 is 0 Å². The van der Waals surface area contributed by atoms with Crippen LogP contribution in [0.4, 0.5) is 0 Å². The minimum atomic E-state index is -0.0761. The first kappa shape index (κ1) is 13.7. The molecule has 0 aliphatic rings. The van der Waals surface area contributed by atoms with E-state index in [-0.39, 0.29) is 17.9 Å². The summed E-state index contributed by atoms with van der Waals surface area (Å²) in [6.07, 6.45) is 1.67. The zero-order valence-corrected chi connectivity index (χ0v) is 10.6. The topological polar surface area (TPSA) is 55.1 Å². The van der Waals surface area contributed by atoms with Crippen LogP contribution in [0.2, 0.25) is 0 Å². The van der Waals surface area contributed by atoms with Gasteiger partial charge in [0.1, 0.15) is 0 Å². The molecule has 0 aromatic heterocycles. The number of hydrogen-bond donors (Lipinski definition) is 2. The third kappa shape index (κ3) is 3.86. The summed E-state index contributed by atoms with van der Waals surface area (Å²) < 4.78 is 0. The van der Waals surface area contributed by atoms with Gasteiger partial charge < -0.3 is 11.1 Å². The summed E-state index contributed by atoms with van der Waals surface area (Å²) in [5, 5.41) is 3.07. The molecule has 1 amide bonds. The van der Waals surface area contributed by atoms with Crippen LogP contribution < -0.4 is 11.1 Å². The smallest absolute Gasteiger partial charge is 0.224 e. The second-order valence-corrected chi connectivity index (χ2v) is 4.22. The third-order valence-electron chi connectivity index (χ3n) is 3.07. The van der Waals surface area contributed by atoms with Gasteiger partial charge in [0.2, 0.25) is 5.91 Å². The van der Waals surface area contributed by atoms with Crippen molar-refractivity contribution in [1.82, 2.24) is 5.32 Å². The van der Waals surface area contributed by atoms with Gasteiger partial charge in [0.25, 0.3) is 0 Å². The molecule has 0 spiro atoms. The van der Waals surface area contributed by atoms with E-state index in [4.69, 9.17) is 5.73 Å². The van der Waals surface area contributed by atoms with Crippen LogP contribution in [0.1, 0.15) is 38.3 Å². The maximum Gasteiger partial charge on any atom is 0.224 e. The van der Waals surface area contributed by atoms with Gasteiger partial charge in [-0.25, -0.2) is 0 Å². The molecule has 0 radical (unpaired) electrons. The number of hydrogen-bond acceptors (Lipinski definition) is 2. The van der Waals surface area contributed by atoms with Crippen LogP contribution in [-0.4, -0.2) is 12.5 Å². The summed E-state index contributed by atoms with van der Waals surface area (Å²) in [7, 11) is 0. The summed E-state index contributed by atoms with van der Waals surface area (Å²) in [6.45, 7) is 4.47. The van der Waals surface area contributed by atoms with E-state index in [9.17, 15) is 4.79 Å². The zero-order chi connectivity index (χ0) is 12.7. The van der Waals surface area contributed by atoms with Crippen LogP contribution in [0.5, 0.6) is 0 Å². The van der Waals surface area contributed by atoms with Gasteiger partial charge in [-0.15, -0.1) is 0 Å². The number of rotatable bonds is 6. The monoisotopic (exact) mass is 234 g/mol. The first-order valence-electron chi connectivity index (χ1n) is 6.28. The predicted octanol–water partition coefficient (Wildman–Crippen LogP) is 2.24. The Bertz CT molecular complexity index is 333. The molecule has 17 heavy (non-hydrogen) atoms. The standard InChI is InChI=1S/C14H22N2O/c1-3-11(10-15)14(17)16-13(4-2)12-8-6-5-7-9-12/h5-9,11,13H,3-4,10,15H2,1-2H3,(H,16,17)/t11-,13+/m1/s1. The van der Waals surface area contributed by atoms with Crippen molar-refractivity contribution in [2.75, 3.05) is 6.54 Å². The Hall–Kier alpha value is -1.35. The van der Waals surface area contributed by atoms with Gasteiger partial charge in [0.15, 0.2) is 0 Å². The molecular formula is C14H22N2O. The Morgan fingerprint density at radius 1 is 1.24 bits per heavy atom. The molecule has 1 aromatic rings. The minimum Gasteiger partial charge on any atom is -0.349 e. The van der Waals surface area contributed by atoms with Crippen molar-refractivity contribution in [1.29, 1.82) is 0 Å². The normalized spacial score (nSPS) is 14.1. The van der Waals surface area contributed by atoms with Crippen LogP contribution in [0.25, 0.3) is 0 Å². The highest BCUT2D eigenvalue weighted by molar-refractivity contribution is 5.79. The quantitative estimate of drug-likeness (QED) is 0.793. The lowest BCUT2D eigenvalue weighted by atomic mass is 10.0. The van der Waals surface area contributed by atoms with E-state index in [0.29, 0.717) is 6.54 Å². The number of carbonyl (C=O) groups excluding carboxylic acids is 1. The second kappa shape index (κ2) is 7.07. The SMILES string of the molecule is CC[C@H](CN)C(=O)N[C@@H](CC)c1ccccc1. The van der Waals surface area contributed by atoms with E-state index in [2.05, 4.69) is 12.2 Å². The van der Waals surface area contributed by atoms with Crippen molar-refractivity contribution in [3.8, 4) is 0 Å². The molecule has 0 fully saturated rings. The van der Waals surface area contributed by atoms with Gasteiger partial charge in [-0.05, 0) is 18.4 Å². The molecule has 3 nitrogen and oxygen atoms in total. The highest BCUT2D eigenvalue weighted by Gasteiger charge is 2.18. The molecule has 0 bridgehead atoms. The number of carbonyl (C=O) groups is 1. The molecule has 1 rings (SSSR count). The van der Waals surface area contributed by atoms with Crippen molar-refractivity contribution in [3.05, 3.63) is 35.9 Å². The zero-order valence-electron chi connectivity index (χ0n) is 10.6. The first-order valence-corrected chi connectivity index (χ1v) is 6.28. The van der Waals surface area contributed by atoms with Gasteiger partial charge in [-0.3, -0.25) is 4.79 Å². The Kier molecular flexibility index (Phi) is 5.70. The van der Waals surface area contributed by atoms with Crippen LogP contribution in [0.3, 0.4) is 0 Å². The Balaban J connectivity index is 2.68. The molecule has 2 atom stereocenters. The van der Waals surface area contributed by atoms with Crippen molar-refractivity contribution >= 4 is 5.91 Å². The first-order chi connectivity index (χ1) is 8.22. The molecule has 0 aliphatic carbocycles. The minimum absolute atomic E-state index is 0.0608. The summed E-state index contributed by atoms with van der Waals surface area (Å²) in [4.78, 5) is 12.0. The summed E-state index contributed by atoms with van der Waals surface area (Å²) >= 11 is 0. The van der Waals surface area contributed by atoms with Gasteiger partial charge >= 0.3 is 0 Å². The molecule has 0 heterocycles. The van der Waals surface area contributed by atoms with Crippen molar-refractivity contribution in [2.45, 2.75) is 32.7 Å². The second-order valence-electron chi connectivity index (χ2n) is 4.22. The third-order valence-corrected chi connectivity index (χ3v) is 3.07. The van der Waals surface area contributed by atoms with E-state index in [1.807, 2.05) is 37.3 Å². The molecule has 3 N–H and O–H groups in total. The lowest BCUT2D eigenvalue weighted by molar-refractivity contribution is -0.125. The average Bonchev–Trinajstić information content (AvgIpc) is 2.38. The maximum absolute atomic E-state index is 12.0. The van der Waals surface area contributed by atoms with E-state index < -0.39 is 0 Å². The van der Waals surface area contributed by atoms with Crippen molar-refractivity contribution in [3.63, 3.8) is 0 Å². The fourth-order valence-corrected chi connectivity index (χ4v) is 1.86. The molecule has 0 saturated carbocycles. The van der Waals surface area contributed by atoms with E-state index in [1.165, 1.54) is 0 Å². The number of nitrogens with two attached hydrogens (primary N) is 1. The van der Waals surface area contributed by atoms with E-state index in [0.717, 1.165) is 18.4 Å². The number of amides is 1. The molecule has 0 aliphatic heterocycles. The van der Waals surface area contributed by atoms with Crippen LogP contribution in [0, 0.1) is 5.92 Å². The van der Waals surface area contributed by atoms with E-state index >= 15 is 0 Å². The van der Waals surface area contributed by atoms with Crippen molar-refractivity contribution in [2.24, 2.45) is 11.7 Å². The van der Waals surface area contributed by atoms with Gasteiger partial charge in [0.05, 0.1) is 6.04 Å².